The zero-order valence-electron chi connectivity index (χ0n) is 11.4. The number of rotatable bonds is 4. The number of benzene rings is 1. The monoisotopic (exact) mass is 302 g/mol. The molecule has 1 aromatic carbocycles. The van der Waals surface area contributed by atoms with Crippen LogP contribution < -0.4 is 15.8 Å². The standard InChI is InChI=1S/C14H19FN2O2.ClH/c1-9(16)14(18)17-10-6-7-13(12(15)8-10)19-11-4-2-3-5-11;/h6-9,11H,2-5,16H2,1H3,(H,17,18);1H/t9-;/m1./s1. The summed E-state index contributed by atoms with van der Waals surface area (Å²) in [6.07, 6.45) is 4.33. The molecule has 6 heteroatoms. The molecule has 3 N–H and O–H groups in total. The second kappa shape index (κ2) is 7.45. The van der Waals surface area contributed by atoms with E-state index in [1.165, 1.54) is 6.07 Å². The predicted molar refractivity (Wildman–Crippen MR) is 78.8 cm³/mol. The Morgan fingerprint density at radius 3 is 2.65 bits per heavy atom. The van der Waals surface area contributed by atoms with Crippen molar-refractivity contribution in [3.63, 3.8) is 0 Å². The van der Waals surface area contributed by atoms with Crippen molar-refractivity contribution < 1.29 is 13.9 Å². The smallest absolute Gasteiger partial charge is 0.241 e. The molecule has 112 valence electrons. The first-order valence-electron chi connectivity index (χ1n) is 6.59. The molecule has 1 aliphatic carbocycles. The lowest BCUT2D eigenvalue weighted by atomic mass is 10.2. The normalized spacial score (nSPS) is 16.4. The number of ether oxygens (including phenoxy) is 1. The third kappa shape index (κ3) is 4.35. The fourth-order valence-corrected chi connectivity index (χ4v) is 2.12. The highest BCUT2D eigenvalue weighted by molar-refractivity contribution is 5.94. The van der Waals surface area contributed by atoms with Crippen molar-refractivity contribution in [2.75, 3.05) is 5.32 Å². The first-order chi connectivity index (χ1) is 9.06. The zero-order valence-corrected chi connectivity index (χ0v) is 12.2. The molecule has 0 bridgehead atoms. The highest BCUT2D eigenvalue weighted by Crippen LogP contribution is 2.27. The number of nitrogens with one attached hydrogen (secondary N) is 1. The van der Waals surface area contributed by atoms with Crippen LogP contribution in [0.4, 0.5) is 10.1 Å². The van der Waals surface area contributed by atoms with Crippen LogP contribution in [0.2, 0.25) is 0 Å². The summed E-state index contributed by atoms with van der Waals surface area (Å²) in [6.45, 7) is 1.57. The first kappa shape index (κ1) is 16.7. The van der Waals surface area contributed by atoms with Crippen LogP contribution >= 0.6 is 12.4 Å². The lowest BCUT2D eigenvalue weighted by Gasteiger charge is -2.14. The molecule has 1 saturated carbocycles. The average molecular weight is 303 g/mol. The van der Waals surface area contributed by atoms with Gasteiger partial charge in [0.1, 0.15) is 0 Å². The van der Waals surface area contributed by atoms with Crippen molar-refractivity contribution in [3.8, 4) is 5.75 Å². The molecule has 1 aromatic rings. The van der Waals surface area contributed by atoms with Gasteiger partial charge in [-0.05, 0) is 44.7 Å². The van der Waals surface area contributed by atoms with Crippen LogP contribution in [-0.4, -0.2) is 18.1 Å². The van der Waals surface area contributed by atoms with Gasteiger partial charge in [0, 0.05) is 11.8 Å². The quantitative estimate of drug-likeness (QED) is 0.899. The topological polar surface area (TPSA) is 64.4 Å². The van der Waals surface area contributed by atoms with Gasteiger partial charge in [-0.2, -0.15) is 0 Å². The number of anilines is 1. The Morgan fingerprint density at radius 1 is 1.45 bits per heavy atom. The van der Waals surface area contributed by atoms with E-state index in [4.69, 9.17) is 10.5 Å². The molecule has 0 heterocycles. The Labute approximate surface area is 124 Å². The Bertz CT molecular complexity index is 462. The minimum absolute atomic E-state index is 0. The minimum Gasteiger partial charge on any atom is -0.487 e. The van der Waals surface area contributed by atoms with Gasteiger partial charge in [-0.3, -0.25) is 4.79 Å². The average Bonchev–Trinajstić information content (AvgIpc) is 2.85. The minimum atomic E-state index is -0.627. The summed E-state index contributed by atoms with van der Waals surface area (Å²) >= 11 is 0. The molecule has 20 heavy (non-hydrogen) atoms. The van der Waals surface area contributed by atoms with Crippen LogP contribution in [0.1, 0.15) is 32.6 Å². The summed E-state index contributed by atoms with van der Waals surface area (Å²) in [4.78, 5) is 11.4. The van der Waals surface area contributed by atoms with Crippen LogP contribution in [0.3, 0.4) is 0 Å². The Kier molecular flexibility index (Phi) is 6.23. The van der Waals surface area contributed by atoms with Gasteiger partial charge in [0.15, 0.2) is 11.6 Å². The Hall–Kier alpha value is -1.33. The summed E-state index contributed by atoms with van der Waals surface area (Å²) in [5.41, 5.74) is 5.82. The first-order valence-corrected chi connectivity index (χ1v) is 6.59. The SMILES string of the molecule is C[C@@H](N)C(=O)Nc1ccc(OC2CCCC2)c(F)c1.Cl. The number of hydrogen-bond acceptors (Lipinski definition) is 3. The van der Waals surface area contributed by atoms with Gasteiger partial charge >= 0.3 is 0 Å². The summed E-state index contributed by atoms with van der Waals surface area (Å²) < 4.78 is 19.4. The van der Waals surface area contributed by atoms with E-state index < -0.39 is 11.9 Å². The number of halogens is 2. The largest absolute Gasteiger partial charge is 0.487 e. The van der Waals surface area contributed by atoms with Crippen molar-refractivity contribution in [3.05, 3.63) is 24.0 Å². The van der Waals surface area contributed by atoms with Crippen LogP contribution in [0.5, 0.6) is 5.75 Å². The van der Waals surface area contributed by atoms with Crippen molar-refractivity contribution in [1.29, 1.82) is 0 Å². The molecule has 4 nitrogen and oxygen atoms in total. The maximum Gasteiger partial charge on any atom is 0.241 e. The number of hydrogen-bond donors (Lipinski definition) is 2. The second-order valence-electron chi connectivity index (χ2n) is 4.95. The van der Waals surface area contributed by atoms with E-state index in [2.05, 4.69) is 5.32 Å². The molecule has 1 aliphatic rings. The summed E-state index contributed by atoms with van der Waals surface area (Å²) in [5, 5.41) is 2.54. The zero-order chi connectivity index (χ0) is 13.8. The van der Waals surface area contributed by atoms with Gasteiger partial charge < -0.3 is 15.8 Å². The summed E-state index contributed by atoms with van der Waals surface area (Å²) in [7, 11) is 0. The van der Waals surface area contributed by atoms with Gasteiger partial charge in [-0.1, -0.05) is 0 Å². The highest BCUT2D eigenvalue weighted by atomic mass is 35.5. The van der Waals surface area contributed by atoms with Gasteiger partial charge in [0.05, 0.1) is 12.1 Å². The number of nitrogens with two attached hydrogens (primary N) is 1. The van der Waals surface area contributed by atoms with Crippen LogP contribution in [0.15, 0.2) is 18.2 Å². The molecule has 0 saturated heterocycles. The summed E-state index contributed by atoms with van der Waals surface area (Å²) in [6, 6.07) is 3.79. The van der Waals surface area contributed by atoms with Crippen LogP contribution in [-0.2, 0) is 4.79 Å². The fourth-order valence-electron chi connectivity index (χ4n) is 2.12. The molecule has 0 unspecified atom stereocenters. The van der Waals surface area contributed by atoms with Crippen molar-refractivity contribution in [2.45, 2.75) is 44.8 Å². The van der Waals surface area contributed by atoms with E-state index in [1.807, 2.05) is 0 Å². The molecule has 0 radical (unpaired) electrons. The molecule has 1 atom stereocenters. The maximum absolute atomic E-state index is 13.8. The van der Waals surface area contributed by atoms with Crippen molar-refractivity contribution in [1.82, 2.24) is 0 Å². The van der Waals surface area contributed by atoms with E-state index >= 15 is 0 Å². The third-order valence-electron chi connectivity index (χ3n) is 3.21. The molecule has 0 spiro atoms. The predicted octanol–water partition coefficient (Wildman–Crippen LogP) is 2.85. The Morgan fingerprint density at radius 2 is 2.10 bits per heavy atom. The molecule has 0 aliphatic heterocycles. The lowest BCUT2D eigenvalue weighted by Crippen LogP contribution is -2.32. The Balaban J connectivity index is 0.00000200. The van der Waals surface area contributed by atoms with Crippen molar-refractivity contribution >= 4 is 24.0 Å². The van der Waals surface area contributed by atoms with E-state index in [-0.39, 0.29) is 30.2 Å². The number of carbonyl (C=O) groups excluding carboxylic acids is 1. The lowest BCUT2D eigenvalue weighted by molar-refractivity contribution is -0.117. The molecular formula is C14H20ClFN2O2. The van der Waals surface area contributed by atoms with Gasteiger partial charge in [-0.15, -0.1) is 12.4 Å². The molecule has 0 aromatic heterocycles. The molecule has 1 fully saturated rings. The molecular weight excluding hydrogens is 283 g/mol. The third-order valence-corrected chi connectivity index (χ3v) is 3.21. The number of amides is 1. The molecule has 2 rings (SSSR count). The highest BCUT2D eigenvalue weighted by Gasteiger charge is 2.18. The summed E-state index contributed by atoms with van der Waals surface area (Å²) in [5.74, 6) is -0.566. The van der Waals surface area contributed by atoms with Crippen molar-refractivity contribution in [2.24, 2.45) is 5.73 Å². The van der Waals surface area contributed by atoms with E-state index in [1.54, 1.807) is 19.1 Å². The maximum atomic E-state index is 13.8. The van der Waals surface area contributed by atoms with Gasteiger partial charge in [0.25, 0.3) is 0 Å². The van der Waals surface area contributed by atoms with E-state index in [0.717, 1.165) is 25.7 Å². The van der Waals surface area contributed by atoms with E-state index in [0.29, 0.717) is 5.69 Å². The fraction of sp³-hybridized carbons (Fsp3) is 0.500. The number of carbonyl (C=O) groups is 1. The van der Waals surface area contributed by atoms with Gasteiger partial charge in [-0.25, -0.2) is 4.39 Å². The second-order valence-corrected chi connectivity index (χ2v) is 4.95. The van der Waals surface area contributed by atoms with Gasteiger partial charge in [0.2, 0.25) is 5.91 Å². The molecule has 1 amide bonds. The van der Waals surface area contributed by atoms with E-state index in [9.17, 15) is 9.18 Å². The van der Waals surface area contributed by atoms with Crippen LogP contribution in [0, 0.1) is 5.82 Å². The van der Waals surface area contributed by atoms with Crippen LogP contribution in [0.25, 0.3) is 0 Å².